The van der Waals surface area contributed by atoms with E-state index in [9.17, 15) is 19.2 Å². The molecule has 0 saturated carbocycles. The van der Waals surface area contributed by atoms with E-state index in [1.54, 1.807) is 37.3 Å². The number of hydrogen-bond donors (Lipinski definition) is 1. The molecule has 2 heterocycles. The minimum absolute atomic E-state index is 0.180. The number of esters is 1. The fourth-order valence-corrected chi connectivity index (χ4v) is 4.03. The predicted octanol–water partition coefficient (Wildman–Crippen LogP) is 3.39. The Morgan fingerprint density at radius 3 is 2.43 bits per heavy atom. The summed E-state index contributed by atoms with van der Waals surface area (Å²) in [5.74, 6) is -2.25. The Balaban J connectivity index is 1.90. The Labute approximate surface area is 177 Å². The average molecular weight is 428 g/mol. The molecule has 9 heteroatoms. The molecule has 156 valence electrons. The molecular weight excluding hydrogens is 408 g/mol. The average Bonchev–Trinajstić information content (AvgIpc) is 3.11. The summed E-state index contributed by atoms with van der Waals surface area (Å²) in [6.45, 7) is 5.17. The zero-order valence-corrected chi connectivity index (χ0v) is 17.5. The lowest BCUT2D eigenvalue weighted by atomic mass is 10.2. The van der Waals surface area contributed by atoms with Gasteiger partial charge < -0.3 is 14.4 Å². The Bertz CT molecular complexity index is 1070. The van der Waals surface area contributed by atoms with Crippen molar-refractivity contribution in [2.75, 3.05) is 13.2 Å². The molecule has 1 aromatic carbocycles. The zero-order valence-electron chi connectivity index (χ0n) is 16.7. The number of carbonyl (C=O) groups excluding carboxylic acids is 3. The van der Waals surface area contributed by atoms with Crippen molar-refractivity contribution in [3.8, 4) is 5.69 Å². The van der Waals surface area contributed by atoms with E-state index < -0.39 is 23.7 Å². The van der Waals surface area contributed by atoms with Gasteiger partial charge in [-0.2, -0.15) is 0 Å². The first-order valence-electron chi connectivity index (χ1n) is 9.16. The molecule has 1 aliphatic rings. The lowest BCUT2D eigenvalue weighted by Crippen LogP contribution is -2.33. The van der Waals surface area contributed by atoms with E-state index >= 15 is 0 Å². The second kappa shape index (κ2) is 8.58. The number of aromatic nitrogens is 1. The van der Waals surface area contributed by atoms with Crippen LogP contribution in [0.25, 0.3) is 11.8 Å². The number of imide groups is 1. The molecular formula is C21H20N2O6S. The Morgan fingerprint density at radius 2 is 1.83 bits per heavy atom. The first kappa shape index (κ1) is 21.4. The van der Waals surface area contributed by atoms with E-state index in [2.05, 4.69) is 0 Å². The maximum absolute atomic E-state index is 12.4. The first-order valence-corrected chi connectivity index (χ1v) is 9.98. The van der Waals surface area contributed by atoms with E-state index in [4.69, 9.17) is 9.84 Å². The molecule has 1 aliphatic heterocycles. The maximum Gasteiger partial charge on any atom is 0.338 e. The molecule has 0 spiro atoms. The summed E-state index contributed by atoms with van der Waals surface area (Å²) in [5, 5.41) is 8.27. The molecule has 30 heavy (non-hydrogen) atoms. The number of nitrogens with zero attached hydrogens (tertiary/aromatic N) is 2. The van der Waals surface area contributed by atoms with Crippen LogP contribution in [0.1, 0.15) is 34.2 Å². The number of aliphatic carboxylic acids is 1. The third-order valence-electron chi connectivity index (χ3n) is 4.56. The van der Waals surface area contributed by atoms with Crippen LogP contribution in [0.3, 0.4) is 0 Å². The van der Waals surface area contributed by atoms with Gasteiger partial charge >= 0.3 is 11.9 Å². The van der Waals surface area contributed by atoms with Crippen molar-refractivity contribution in [3.63, 3.8) is 0 Å². The molecule has 0 bridgehead atoms. The number of amides is 2. The van der Waals surface area contributed by atoms with Gasteiger partial charge in [0.1, 0.15) is 6.54 Å². The van der Waals surface area contributed by atoms with Gasteiger partial charge in [-0.25, -0.2) is 4.79 Å². The topological polar surface area (TPSA) is 106 Å². The second-order valence-corrected chi connectivity index (χ2v) is 7.58. The minimum Gasteiger partial charge on any atom is -0.480 e. The summed E-state index contributed by atoms with van der Waals surface area (Å²) >= 11 is 0.723. The quantitative estimate of drug-likeness (QED) is 0.555. The van der Waals surface area contributed by atoms with E-state index in [0.29, 0.717) is 17.1 Å². The van der Waals surface area contributed by atoms with Crippen molar-refractivity contribution in [1.29, 1.82) is 0 Å². The number of carboxylic acids is 1. The lowest BCUT2D eigenvalue weighted by Gasteiger charge is -2.10. The number of thioether (sulfide) groups is 1. The monoisotopic (exact) mass is 428 g/mol. The second-order valence-electron chi connectivity index (χ2n) is 6.59. The van der Waals surface area contributed by atoms with Crippen LogP contribution in [0.4, 0.5) is 4.79 Å². The van der Waals surface area contributed by atoms with Gasteiger partial charge in [0.2, 0.25) is 0 Å². The van der Waals surface area contributed by atoms with Crippen molar-refractivity contribution in [2.45, 2.75) is 20.8 Å². The van der Waals surface area contributed by atoms with Gasteiger partial charge in [-0.1, -0.05) is 0 Å². The smallest absolute Gasteiger partial charge is 0.338 e. The Kier molecular flexibility index (Phi) is 6.12. The number of hydrogen-bond acceptors (Lipinski definition) is 6. The fraction of sp³-hybridized carbons (Fsp3) is 0.238. The minimum atomic E-state index is -1.25. The molecule has 2 aromatic rings. The number of benzene rings is 1. The predicted molar refractivity (Wildman–Crippen MR) is 112 cm³/mol. The Hall–Kier alpha value is -3.33. The molecule has 0 unspecified atom stereocenters. The summed E-state index contributed by atoms with van der Waals surface area (Å²) in [7, 11) is 0. The summed E-state index contributed by atoms with van der Waals surface area (Å²) in [4.78, 5) is 47.9. The highest BCUT2D eigenvalue weighted by atomic mass is 32.2. The molecule has 2 amide bonds. The standard InChI is InChI=1S/C21H20N2O6S/c1-4-29-20(27)14-5-7-16(8-6-14)23-12(2)9-15(13(23)3)10-17-19(26)22(11-18(24)25)21(28)30-17/h5-10H,4,11H2,1-3H3,(H,24,25)/b17-10+. The van der Waals surface area contributed by atoms with Gasteiger partial charge in [0.15, 0.2) is 0 Å². The van der Waals surface area contributed by atoms with E-state index in [-0.39, 0.29) is 10.9 Å². The van der Waals surface area contributed by atoms with Crippen LogP contribution < -0.4 is 0 Å². The lowest BCUT2D eigenvalue weighted by molar-refractivity contribution is -0.140. The third-order valence-corrected chi connectivity index (χ3v) is 5.47. The van der Waals surface area contributed by atoms with Crippen LogP contribution >= 0.6 is 11.8 Å². The van der Waals surface area contributed by atoms with Crippen LogP contribution in [0.5, 0.6) is 0 Å². The highest BCUT2D eigenvalue weighted by Crippen LogP contribution is 2.33. The van der Waals surface area contributed by atoms with Gasteiger partial charge in [-0.05, 0) is 74.5 Å². The number of carbonyl (C=O) groups is 4. The highest BCUT2D eigenvalue weighted by molar-refractivity contribution is 8.18. The molecule has 0 radical (unpaired) electrons. The van der Waals surface area contributed by atoms with Crippen LogP contribution in [-0.2, 0) is 14.3 Å². The molecule has 0 atom stereocenters. The van der Waals surface area contributed by atoms with Gasteiger partial charge in [-0.3, -0.25) is 19.3 Å². The molecule has 0 aliphatic carbocycles. The molecule has 8 nitrogen and oxygen atoms in total. The number of carboxylic acid groups (broad SMARTS) is 1. The maximum atomic E-state index is 12.4. The van der Waals surface area contributed by atoms with Crippen molar-refractivity contribution in [3.05, 3.63) is 57.8 Å². The summed E-state index contributed by atoms with van der Waals surface area (Å²) < 4.78 is 6.96. The number of rotatable bonds is 6. The fourth-order valence-electron chi connectivity index (χ4n) is 3.20. The third kappa shape index (κ3) is 4.16. The van der Waals surface area contributed by atoms with Crippen LogP contribution in [0.15, 0.2) is 35.2 Å². The normalized spacial score (nSPS) is 15.2. The van der Waals surface area contributed by atoms with Gasteiger partial charge in [0, 0.05) is 17.1 Å². The molecule has 3 rings (SSSR count). The number of ether oxygens (including phenoxy) is 1. The van der Waals surface area contributed by atoms with Crippen LogP contribution in [0.2, 0.25) is 0 Å². The largest absolute Gasteiger partial charge is 0.480 e. The van der Waals surface area contributed by atoms with Crippen molar-refractivity contribution in [2.24, 2.45) is 0 Å². The van der Waals surface area contributed by atoms with Gasteiger partial charge in [0.05, 0.1) is 17.1 Å². The summed E-state index contributed by atoms with van der Waals surface area (Å²) in [5.41, 5.74) is 3.75. The summed E-state index contributed by atoms with van der Waals surface area (Å²) in [6.07, 6.45) is 1.60. The van der Waals surface area contributed by atoms with Gasteiger partial charge in [0.25, 0.3) is 11.1 Å². The SMILES string of the molecule is CCOC(=O)c1ccc(-n2c(C)cc(/C=C3/SC(=O)N(CC(=O)O)C3=O)c2C)cc1. The molecule has 1 saturated heterocycles. The Morgan fingerprint density at radius 1 is 1.17 bits per heavy atom. The first-order chi connectivity index (χ1) is 14.2. The zero-order chi connectivity index (χ0) is 22.0. The van der Waals surface area contributed by atoms with Crippen molar-refractivity contribution >= 4 is 40.9 Å². The van der Waals surface area contributed by atoms with Crippen molar-refractivity contribution < 1.29 is 29.0 Å². The summed E-state index contributed by atoms with van der Waals surface area (Å²) in [6, 6.07) is 8.85. The molecule has 1 N–H and O–H groups in total. The van der Waals surface area contributed by atoms with Crippen LogP contribution in [-0.4, -0.2) is 50.8 Å². The molecule has 1 aromatic heterocycles. The highest BCUT2D eigenvalue weighted by Gasteiger charge is 2.36. The van der Waals surface area contributed by atoms with E-state index in [0.717, 1.165) is 34.4 Å². The molecule has 1 fully saturated rings. The number of aryl methyl sites for hydroxylation is 1. The van der Waals surface area contributed by atoms with E-state index in [1.807, 2.05) is 24.5 Å². The van der Waals surface area contributed by atoms with E-state index in [1.165, 1.54) is 0 Å². The van der Waals surface area contributed by atoms with Crippen LogP contribution in [0, 0.1) is 13.8 Å². The van der Waals surface area contributed by atoms with Gasteiger partial charge in [-0.15, -0.1) is 0 Å². The van der Waals surface area contributed by atoms with Crippen molar-refractivity contribution in [1.82, 2.24) is 9.47 Å².